The van der Waals surface area contributed by atoms with Gasteiger partial charge in [0.1, 0.15) is 0 Å². The first-order chi connectivity index (χ1) is 8.79. The van der Waals surface area contributed by atoms with Crippen LogP contribution in [0.2, 0.25) is 0 Å². The van der Waals surface area contributed by atoms with Crippen LogP contribution in [0.3, 0.4) is 0 Å². The lowest BCUT2D eigenvalue weighted by Gasteiger charge is -2.36. The average molecular weight is 246 g/mol. The average Bonchev–Trinajstić information content (AvgIpc) is 2.86. The number of nitrogens with zero attached hydrogens (tertiary/aromatic N) is 1. The van der Waals surface area contributed by atoms with E-state index >= 15 is 0 Å². The molecule has 2 rings (SSSR count). The highest BCUT2D eigenvalue weighted by Gasteiger charge is 2.33. The number of hydrogen-bond donors (Lipinski definition) is 1. The molecule has 2 heteroatoms. The van der Waals surface area contributed by atoms with Gasteiger partial charge < -0.3 is 10.2 Å². The van der Waals surface area contributed by atoms with E-state index in [4.69, 9.17) is 0 Å². The molecular weight excluding hydrogens is 220 g/mol. The predicted molar refractivity (Wildman–Crippen MR) is 79.2 cm³/mol. The van der Waals surface area contributed by atoms with Gasteiger partial charge in [-0.3, -0.25) is 0 Å². The standard InChI is InChI=1S/C16H26N2/c1-3-11-16(12-8-13-17-16)14-18(4-2)15-9-6-5-7-10-15/h5-7,9-10,17H,3-4,8,11-14H2,1-2H3. The maximum Gasteiger partial charge on any atom is 0.0366 e. The van der Waals surface area contributed by atoms with Crippen molar-refractivity contribution in [3.63, 3.8) is 0 Å². The molecule has 0 bridgehead atoms. The summed E-state index contributed by atoms with van der Waals surface area (Å²) in [4.78, 5) is 2.51. The monoisotopic (exact) mass is 246 g/mol. The number of likely N-dealkylation sites (N-methyl/N-ethyl adjacent to an activating group) is 1. The minimum Gasteiger partial charge on any atom is -0.370 e. The molecule has 1 atom stereocenters. The van der Waals surface area contributed by atoms with Crippen molar-refractivity contribution in [3.05, 3.63) is 30.3 Å². The Morgan fingerprint density at radius 3 is 2.56 bits per heavy atom. The summed E-state index contributed by atoms with van der Waals surface area (Å²) in [7, 11) is 0. The van der Waals surface area contributed by atoms with Crippen molar-refractivity contribution in [1.29, 1.82) is 0 Å². The van der Waals surface area contributed by atoms with E-state index < -0.39 is 0 Å². The smallest absolute Gasteiger partial charge is 0.0366 e. The topological polar surface area (TPSA) is 15.3 Å². The molecule has 1 fully saturated rings. The van der Waals surface area contributed by atoms with Gasteiger partial charge >= 0.3 is 0 Å². The highest BCUT2D eigenvalue weighted by atomic mass is 15.2. The molecule has 1 aliphatic heterocycles. The molecule has 0 spiro atoms. The Balaban J connectivity index is 2.09. The van der Waals surface area contributed by atoms with Crippen LogP contribution in [0.15, 0.2) is 30.3 Å². The van der Waals surface area contributed by atoms with Crippen molar-refractivity contribution in [3.8, 4) is 0 Å². The maximum absolute atomic E-state index is 3.76. The summed E-state index contributed by atoms with van der Waals surface area (Å²) in [6.07, 6.45) is 5.20. The normalized spacial score (nSPS) is 23.2. The lowest BCUT2D eigenvalue weighted by Crippen LogP contribution is -2.50. The van der Waals surface area contributed by atoms with E-state index in [9.17, 15) is 0 Å². The third-order valence-electron chi connectivity index (χ3n) is 4.06. The second kappa shape index (κ2) is 6.24. The Hall–Kier alpha value is -1.02. The third kappa shape index (κ3) is 3.05. The summed E-state index contributed by atoms with van der Waals surface area (Å²) in [5, 5.41) is 3.76. The Kier molecular flexibility index (Phi) is 4.65. The Bertz CT molecular complexity index is 341. The molecule has 1 unspecified atom stereocenters. The second-order valence-corrected chi connectivity index (χ2v) is 5.41. The minimum absolute atomic E-state index is 0.348. The highest BCUT2D eigenvalue weighted by molar-refractivity contribution is 5.46. The van der Waals surface area contributed by atoms with Crippen LogP contribution < -0.4 is 10.2 Å². The molecule has 0 amide bonds. The van der Waals surface area contributed by atoms with Crippen molar-refractivity contribution in [2.45, 2.75) is 45.1 Å². The molecule has 1 saturated heterocycles. The predicted octanol–water partition coefficient (Wildman–Crippen LogP) is 3.44. The molecule has 1 aromatic carbocycles. The second-order valence-electron chi connectivity index (χ2n) is 5.41. The molecule has 18 heavy (non-hydrogen) atoms. The first-order valence-corrected chi connectivity index (χ1v) is 7.35. The van der Waals surface area contributed by atoms with Crippen LogP contribution in [-0.2, 0) is 0 Å². The Morgan fingerprint density at radius 1 is 1.22 bits per heavy atom. The number of benzene rings is 1. The summed E-state index contributed by atoms with van der Waals surface area (Å²) >= 11 is 0. The summed E-state index contributed by atoms with van der Waals surface area (Å²) in [5.74, 6) is 0. The fourth-order valence-corrected chi connectivity index (χ4v) is 3.16. The Morgan fingerprint density at radius 2 is 2.00 bits per heavy atom. The largest absolute Gasteiger partial charge is 0.370 e. The van der Waals surface area contributed by atoms with Crippen molar-refractivity contribution >= 4 is 5.69 Å². The first kappa shape index (κ1) is 13.4. The summed E-state index contributed by atoms with van der Waals surface area (Å²) in [5.41, 5.74) is 1.70. The van der Waals surface area contributed by atoms with Gasteiger partial charge in [0, 0.05) is 24.3 Å². The molecular formula is C16H26N2. The molecule has 0 saturated carbocycles. The summed E-state index contributed by atoms with van der Waals surface area (Å²) < 4.78 is 0. The quantitative estimate of drug-likeness (QED) is 0.827. The number of rotatable bonds is 6. The molecule has 100 valence electrons. The SMILES string of the molecule is CCCC1(CN(CC)c2ccccc2)CCCN1. The van der Waals surface area contributed by atoms with E-state index in [0.29, 0.717) is 5.54 Å². The van der Waals surface area contributed by atoms with Gasteiger partial charge in [-0.15, -0.1) is 0 Å². The van der Waals surface area contributed by atoms with Crippen LogP contribution in [0, 0.1) is 0 Å². The number of hydrogen-bond acceptors (Lipinski definition) is 2. The lowest BCUT2D eigenvalue weighted by atomic mass is 9.91. The summed E-state index contributed by atoms with van der Waals surface area (Å²) in [6, 6.07) is 10.8. The molecule has 1 N–H and O–H groups in total. The van der Waals surface area contributed by atoms with Gasteiger partial charge in [0.25, 0.3) is 0 Å². The van der Waals surface area contributed by atoms with Gasteiger partial charge in [-0.25, -0.2) is 0 Å². The molecule has 1 aliphatic rings. The molecule has 1 heterocycles. The zero-order chi connectivity index (χ0) is 12.8. The van der Waals surface area contributed by atoms with E-state index in [0.717, 1.165) is 13.1 Å². The first-order valence-electron chi connectivity index (χ1n) is 7.35. The van der Waals surface area contributed by atoms with Gasteiger partial charge in [0.15, 0.2) is 0 Å². The highest BCUT2D eigenvalue weighted by Crippen LogP contribution is 2.27. The van der Waals surface area contributed by atoms with Gasteiger partial charge in [0.2, 0.25) is 0 Å². The maximum atomic E-state index is 3.76. The van der Waals surface area contributed by atoms with Crippen molar-refractivity contribution < 1.29 is 0 Å². The van der Waals surface area contributed by atoms with Crippen LogP contribution in [0.25, 0.3) is 0 Å². The third-order valence-corrected chi connectivity index (χ3v) is 4.06. The molecule has 1 aromatic rings. The van der Waals surface area contributed by atoms with Crippen molar-refractivity contribution in [2.24, 2.45) is 0 Å². The van der Waals surface area contributed by atoms with Crippen LogP contribution >= 0.6 is 0 Å². The minimum atomic E-state index is 0.348. The zero-order valence-corrected chi connectivity index (χ0v) is 11.8. The fourth-order valence-electron chi connectivity index (χ4n) is 3.16. The van der Waals surface area contributed by atoms with E-state index in [1.807, 2.05) is 0 Å². The van der Waals surface area contributed by atoms with Crippen molar-refractivity contribution in [2.75, 3.05) is 24.5 Å². The van der Waals surface area contributed by atoms with Gasteiger partial charge in [-0.05, 0) is 44.9 Å². The van der Waals surface area contributed by atoms with E-state index in [1.165, 1.54) is 37.9 Å². The molecule has 2 nitrogen and oxygen atoms in total. The van der Waals surface area contributed by atoms with E-state index in [-0.39, 0.29) is 0 Å². The molecule has 0 aromatic heterocycles. The van der Waals surface area contributed by atoms with Crippen LogP contribution in [0.5, 0.6) is 0 Å². The number of anilines is 1. The van der Waals surface area contributed by atoms with Gasteiger partial charge in [-0.1, -0.05) is 31.5 Å². The lowest BCUT2D eigenvalue weighted by molar-refractivity contribution is 0.345. The number of nitrogens with one attached hydrogen (secondary N) is 1. The molecule has 0 radical (unpaired) electrons. The summed E-state index contributed by atoms with van der Waals surface area (Å²) in [6.45, 7) is 7.95. The van der Waals surface area contributed by atoms with E-state index in [2.05, 4.69) is 54.4 Å². The molecule has 0 aliphatic carbocycles. The van der Waals surface area contributed by atoms with Crippen LogP contribution in [0.1, 0.15) is 39.5 Å². The van der Waals surface area contributed by atoms with E-state index in [1.54, 1.807) is 0 Å². The van der Waals surface area contributed by atoms with Gasteiger partial charge in [-0.2, -0.15) is 0 Å². The number of para-hydroxylation sites is 1. The zero-order valence-electron chi connectivity index (χ0n) is 11.8. The Labute approximate surface area is 111 Å². The van der Waals surface area contributed by atoms with Gasteiger partial charge in [0.05, 0.1) is 0 Å². The van der Waals surface area contributed by atoms with Crippen LogP contribution in [-0.4, -0.2) is 25.2 Å². The van der Waals surface area contributed by atoms with Crippen LogP contribution in [0.4, 0.5) is 5.69 Å². The van der Waals surface area contributed by atoms with Crippen molar-refractivity contribution in [1.82, 2.24) is 5.32 Å². The fraction of sp³-hybridized carbons (Fsp3) is 0.625.